The normalized spacial score (nSPS) is 51.6. The SMILES string of the molecule is CC(C)C(=O)N[C@H]1CC[C@]23C[C@]24C(=O)C[C@]2(C)[C@@H]([C@H](C)[N+](C)(C)[O-])[C@H](O)C[C@@]2(C)[C@@H]4CC[C@H]3[C@]1(C)CO. The largest absolute Gasteiger partial charge is 0.633 e. The fourth-order valence-corrected chi connectivity index (χ4v) is 11.1. The Balaban J connectivity index is 1.51. The summed E-state index contributed by atoms with van der Waals surface area (Å²) >= 11 is 0. The van der Waals surface area contributed by atoms with Crippen molar-refractivity contribution >= 4 is 11.7 Å². The molecule has 11 atom stereocenters. The minimum absolute atomic E-state index is 0.00117. The van der Waals surface area contributed by atoms with Crippen LogP contribution < -0.4 is 5.32 Å². The van der Waals surface area contributed by atoms with Crippen molar-refractivity contribution in [3.05, 3.63) is 5.21 Å². The maximum absolute atomic E-state index is 14.4. The van der Waals surface area contributed by atoms with E-state index in [-0.39, 0.29) is 59.1 Å². The number of nitrogens with one attached hydrogen (secondary N) is 1. The van der Waals surface area contributed by atoms with Crippen molar-refractivity contribution in [2.24, 2.45) is 50.7 Å². The van der Waals surface area contributed by atoms with Crippen LogP contribution in [-0.4, -0.2) is 65.4 Å². The number of fused-ring (bicyclic) bond motifs is 2. The predicted octanol–water partition coefficient (Wildman–Crippen LogP) is 3.65. The maximum atomic E-state index is 14.4. The summed E-state index contributed by atoms with van der Waals surface area (Å²) in [7, 11) is 3.30. The highest BCUT2D eigenvalue weighted by Gasteiger charge is 2.86. The number of aliphatic hydroxyl groups excluding tert-OH is 2. The molecule has 5 fully saturated rings. The first kappa shape index (κ1) is 27.5. The van der Waals surface area contributed by atoms with Gasteiger partial charge in [-0.3, -0.25) is 9.59 Å². The van der Waals surface area contributed by atoms with Crippen molar-refractivity contribution in [3.63, 3.8) is 0 Å². The first-order valence-electron chi connectivity index (χ1n) is 14.6. The van der Waals surface area contributed by atoms with Crippen LogP contribution in [0.25, 0.3) is 0 Å². The van der Waals surface area contributed by atoms with E-state index in [0.29, 0.717) is 18.6 Å². The molecule has 1 amide bonds. The summed E-state index contributed by atoms with van der Waals surface area (Å²) in [6.07, 6.45) is 4.86. The molecule has 0 aromatic carbocycles. The lowest BCUT2D eigenvalue weighted by Gasteiger charge is -2.63. The molecule has 0 unspecified atom stereocenters. The molecule has 0 aromatic heterocycles. The average Bonchev–Trinajstić information content (AvgIpc) is 3.43. The van der Waals surface area contributed by atoms with E-state index in [9.17, 15) is 25.0 Å². The number of hydroxylamine groups is 3. The molecule has 0 aliphatic heterocycles. The Morgan fingerprint density at radius 2 is 1.73 bits per heavy atom. The molecule has 0 aromatic rings. The molecule has 7 heteroatoms. The second-order valence-electron chi connectivity index (χ2n) is 15.3. The van der Waals surface area contributed by atoms with E-state index in [0.717, 1.165) is 32.1 Å². The van der Waals surface area contributed by atoms with Gasteiger partial charge in [-0.1, -0.05) is 34.6 Å². The predicted molar refractivity (Wildman–Crippen MR) is 142 cm³/mol. The highest BCUT2D eigenvalue weighted by atomic mass is 16.5. The second-order valence-corrected chi connectivity index (χ2v) is 15.3. The highest BCUT2D eigenvalue weighted by molar-refractivity contribution is 5.92. The number of ketones is 1. The molecule has 5 rings (SSSR count). The molecule has 5 aliphatic carbocycles. The van der Waals surface area contributed by atoms with Crippen LogP contribution in [0.15, 0.2) is 0 Å². The Morgan fingerprint density at radius 3 is 2.30 bits per heavy atom. The fourth-order valence-electron chi connectivity index (χ4n) is 11.1. The summed E-state index contributed by atoms with van der Waals surface area (Å²) in [6.45, 7) is 12.4. The number of rotatable bonds is 5. The maximum Gasteiger partial charge on any atom is 0.222 e. The molecule has 37 heavy (non-hydrogen) atoms. The summed E-state index contributed by atoms with van der Waals surface area (Å²) in [5.74, 6) is 0.389. The molecular weight excluding hydrogens is 468 g/mol. The number of nitrogens with zero attached hydrogens (tertiary/aromatic N) is 1. The lowest BCUT2D eigenvalue weighted by Crippen LogP contribution is -2.64. The van der Waals surface area contributed by atoms with Gasteiger partial charge in [-0.05, 0) is 73.5 Å². The Morgan fingerprint density at radius 1 is 1.11 bits per heavy atom. The summed E-state index contributed by atoms with van der Waals surface area (Å²) in [6, 6.07) is -0.391. The third-order valence-corrected chi connectivity index (χ3v) is 13.4. The van der Waals surface area contributed by atoms with Gasteiger partial charge < -0.3 is 25.4 Å². The van der Waals surface area contributed by atoms with Crippen molar-refractivity contribution in [2.75, 3.05) is 20.7 Å². The van der Waals surface area contributed by atoms with Crippen LogP contribution in [0.2, 0.25) is 0 Å². The van der Waals surface area contributed by atoms with Gasteiger partial charge in [0.1, 0.15) is 5.78 Å². The topological polar surface area (TPSA) is 110 Å². The van der Waals surface area contributed by atoms with E-state index in [2.05, 4.69) is 26.1 Å². The van der Waals surface area contributed by atoms with Crippen molar-refractivity contribution in [3.8, 4) is 0 Å². The number of carbonyl (C=O) groups is 2. The standard InChI is InChI=1S/C30H50N2O5/c1-17(2)25(36)31-22-11-12-29-15-30(29)21(10-9-20(29)26(22,4)16-33)27(5)13-19(34)24(18(3)32(7,8)37)28(27,6)14-23(30)35/h17-22,24,33-34H,9-16H2,1-8H3,(H,31,36)/t18-,19+,20-,21-,22-,24-,26-,27-,28+,29+,30-/m0/s1. The van der Waals surface area contributed by atoms with E-state index in [1.54, 1.807) is 14.1 Å². The number of hydrogen-bond donors (Lipinski definition) is 3. The lowest BCUT2D eigenvalue weighted by molar-refractivity contribution is -0.870. The molecule has 2 spiro atoms. The van der Waals surface area contributed by atoms with Crippen molar-refractivity contribution < 1.29 is 24.4 Å². The molecule has 5 saturated carbocycles. The molecule has 5 aliphatic rings. The van der Waals surface area contributed by atoms with Crippen LogP contribution in [0.1, 0.15) is 86.5 Å². The molecular formula is C30H50N2O5. The number of carbonyl (C=O) groups excluding carboxylic acids is 2. The van der Waals surface area contributed by atoms with E-state index in [4.69, 9.17) is 0 Å². The zero-order valence-electron chi connectivity index (χ0n) is 24.3. The average molecular weight is 519 g/mol. The Bertz CT molecular complexity index is 993. The summed E-state index contributed by atoms with van der Waals surface area (Å²) < 4.78 is -0.470. The smallest absolute Gasteiger partial charge is 0.222 e. The summed E-state index contributed by atoms with van der Waals surface area (Å²) in [5.41, 5.74) is -1.63. The van der Waals surface area contributed by atoms with E-state index >= 15 is 0 Å². The molecule has 0 saturated heterocycles. The monoisotopic (exact) mass is 518 g/mol. The van der Waals surface area contributed by atoms with Crippen LogP contribution in [0.4, 0.5) is 0 Å². The van der Waals surface area contributed by atoms with E-state index in [1.165, 1.54) is 0 Å². The molecule has 0 bridgehead atoms. The van der Waals surface area contributed by atoms with Gasteiger partial charge >= 0.3 is 0 Å². The lowest BCUT2D eigenvalue weighted by atomic mass is 9.41. The van der Waals surface area contributed by atoms with E-state index in [1.807, 2.05) is 20.8 Å². The third kappa shape index (κ3) is 3.20. The van der Waals surface area contributed by atoms with Gasteiger partial charge in [-0.25, -0.2) is 0 Å². The van der Waals surface area contributed by atoms with Crippen LogP contribution in [-0.2, 0) is 9.59 Å². The van der Waals surface area contributed by atoms with Gasteiger partial charge in [0.2, 0.25) is 5.91 Å². The third-order valence-electron chi connectivity index (χ3n) is 13.4. The summed E-state index contributed by atoms with van der Waals surface area (Å²) in [4.78, 5) is 27.0. The van der Waals surface area contributed by atoms with Gasteiger partial charge in [0.25, 0.3) is 0 Å². The molecule has 3 N–H and O–H groups in total. The number of amides is 1. The Hall–Kier alpha value is -1.02. The zero-order valence-corrected chi connectivity index (χ0v) is 24.3. The van der Waals surface area contributed by atoms with Crippen LogP contribution >= 0.6 is 0 Å². The van der Waals surface area contributed by atoms with Gasteiger partial charge in [0.15, 0.2) is 0 Å². The Labute approximate surface area is 222 Å². The first-order valence-corrected chi connectivity index (χ1v) is 14.6. The van der Waals surface area contributed by atoms with Crippen molar-refractivity contribution in [2.45, 2.75) is 105 Å². The minimum Gasteiger partial charge on any atom is -0.633 e. The van der Waals surface area contributed by atoms with Gasteiger partial charge in [0.05, 0.1) is 32.8 Å². The first-order chi connectivity index (χ1) is 17.0. The van der Waals surface area contributed by atoms with Crippen LogP contribution in [0.3, 0.4) is 0 Å². The molecule has 7 nitrogen and oxygen atoms in total. The van der Waals surface area contributed by atoms with Crippen LogP contribution in [0.5, 0.6) is 0 Å². The van der Waals surface area contributed by atoms with E-state index < -0.39 is 27.0 Å². The van der Waals surface area contributed by atoms with Gasteiger partial charge in [0, 0.05) is 35.1 Å². The minimum atomic E-state index is -0.587. The summed E-state index contributed by atoms with van der Waals surface area (Å²) in [5, 5.41) is 38.5. The number of aliphatic hydroxyl groups is 2. The Kier molecular flexibility index (Phi) is 5.97. The molecule has 0 heterocycles. The number of quaternary nitrogens is 1. The quantitative estimate of drug-likeness (QED) is 0.380. The van der Waals surface area contributed by atoms with Crippen molar-refractivity contribution in [1.82, 2.24) is 5.32 Å². The van der Waals surface area contributed by atoms with Gasteiger partial charge in [-0.2, -0.15) is 0 Å². The second kappa shape index (κ2) is 8.02. The fraction of sp³-hybridized carbons (Fsp3) is 0.933. The number of Topliss-reactive ketones (excluding diaryl/α,β-unsaturated/α-hetero) is 1. The van der Waals surface area contributed by atoms with Crippen LogP contribution in [0, 0.1) is 56.0 Å². The number of hydrogen-bond acceptors (Lipinski definition) is 5. The molecule has 210 valence electrons. The molecule has 0 radical (unpaired) electrons. The highest BCUT2D eigenvalue weighted by Crippen LogP contribution is 2.87. The zero-order chi connectivity index (χ0) is 27.6. The van der Waals surface area contributed by atoms with Gasteiger partial charge in [-0.15, -0.1) is 0 Å². The van der Waals surface area contributed by atoms with Crippen molar-refractivity contribution in [1.29, 1.82) is 0 Å².